The van der Waals surface area contributed by atoms with E-state index in [1.165, 1.54) is 19.2 Å². The molecule has 120 valence electrons. The van der Waals surface area contributed by atoms with Crippen molar-refractivity contribution < 1.29 is 24.2 Å². The minimum atomic E-state index is -1.16. The first kappa shape index (κ1) is 16.5. The molecular formula is C17H17NO5. The summed E-state index contributed by atoms with van der Waals surface area (Å²) in [7, 11) is 3.00. The van der Waals surface area contributed by atoms with Gasteiger partial charge in [-0.15, -0.1) is 0 Å². The number of nitrogens with one attached hydrogen (secondary N) is 1. The van der Waals surface area contributed by atoms with Crippen LogP contribution in [0.3, 0.4) is 0 Å². The van der Waals surface area contributed by atoms with Gasteiger partial charge in [-0.25, -0.2) is 4.79 Å². The average molecular weight is 315 g/mol. The van der Waals surface area contributed by atoms with Crippen LogP contribution in [0.15, 0.2) is 48.5 Å². The summed E-state index contributed by atoms with van der Waals surface area (Å²) in [6.45, 7) is 0. The summed E-state index contributed by atoms with van der Waals surface area (Å²) in [6, 6.07) is 13.1. The number of ether oxygens (including phenoxy) is 2. The number of carbonyl (C=O) groups excluding carboxylic acids is 1. The molecule has 0 saturated heterocycles. The van der Waals surface area contributed by atoms with Crippen molar-refractivity contribution in [2.45, 2.75) is 6.23 Å². The molecule has 0 fully saturated rings. The number of rotatable bonds is 6. The van der Waals surface area contributed by atoms with Gasteiger partial charge in [-0.1, -0.05) is 24.3 Å². The van der Waals surface area contributed by atoms with Gasteiger partial charge in [0, 0.05) is 12.7 Å². The van der Waals surface area contributed by atoms with Crippen molar-refractivity contribution >= 4 is 11.9 Å². The number of carboxylic acid groups (broad SMARTS) is 1. The highest BCUT2D eigenvalue weighted by molar-refractivity contribution is 6.04. The predicted octanol–water partition coefficient (Wildman–Crippen LogP) is 2.47. The maximum atomic E-state index is 12.4. The van der Waals surface area contributed by atoms with Gasteiger partial charge in [-0.05, 0) is 24.3 Å². The molecule has 0 saturated carbocycles. The zero-order valence-corrected chi connectivity index (χ0v) is 12.8. The zero-order chi connectivity index (χ0) is 16.8. The predicted molar refractivity (Wildman–Crippen MR) is 83.6 cm³/mol. The Hall–Kier alpha value is -2.86. The lowest BCUT2D eigenvalue weighted by atomic mass is 10.1. The standard InChI is InChI=1S/C17H17NO5/c1-22-12-7-5-6-11(10-12)16(23-2)18-15(19)13-8-3-4-9-14(13)17(20)21/h3-10,16H,1-2H3,(H,18,19)(H,20,21). The van der Waals surface area contributed by atoms with E-state index in [2.05, 4.69) is 5.32 Å². The van der Waals surface area contributed by atoms with E-state index >= 15 is 0 Å². The second kappa shape index (κ2) is 7.42. The van der Waals surface area contributed by atoms with E-state index < -0.39 is 18.1 Å². The Bertz CT molecular complexity index is 714. The van der Waals surface area contributed by atoms with Crippen LogP contribution >= 0.6 is 0 Å². The Morgan fingerprint density at radius 1 is 1.04 bits per heavy atom. The van der Waals surface area contributed by atoms with Crippen LogP contribution in [-0.2, 0) is 4.74 Å². The number of methoxy groups -OCH3 is 2. The summed E-state index contributed by atoms with van der Waals surface area (Å²) in [5.74, 6) is -1.06. The van der Waals surface area contributed by atoms with Crippen LogP contribution < -0.4 is 10.1 Å². The van der Waals surface area contributed by atoms with Crippen LogP contribution in [0.2, 0.25) is 0 Å². The van der Waals surface area contributed by atoms with Crippen molar-refractivity contribution in [1.82, 2.24) is 5.32 Å². The third-order valence-corrected chi connectivity index (χ3v) is 3.30. The Labute approximate surface area is 133 Å². The van der Waals surface area contributed by atoms with Gasteiger partial charge >= 0.3 is 5.97 Å². The molecule has 1 unspecified atom stereocenters. The summed E-state index contributed by atoms with van der Waals surface area (Å²) in [6.07, 6.45) is -0.723. The smallest absolute Gasteiger partial charge is 0.336 e. The van der Waals surface area contributed by atoms with Crippen molar-refractivity contribution in [2.75, 3.05) is 14.2 Å². The fourth-order valence-corrected chi connectivity index (χ4v) is 2.15. The van der Waals surface area contributed by atoms with E-state index in [1.807, 2.05) is 0 Å². The molecule has 23 heavy (non-hydrogen) atoms. The van der Waals surface area contributed by atoms with Gasteiger partial charge in [0.1, 0.15) is 5.75 Å². The fraction of sp³-hybridized carbons (Fsp3) is 0.176. The van der Waals surface area contributed by atoms with Gasteiger partial charge in [-0.2, -0.15) is 0 Å². The third-order valence-electron chi connectivity index (χ3n) is 3.30. The van der Waals surface area contributed by atoms with Crippen molar-refractivity contribution in [3.63, 3.8) is 0 Å². The molecule has 2 aromatic rings. The van der Waals surface area contributed by atoms with E-state index in [9.17, 15) is 9.59 Å². The quantitative estimate of drug-likeness (QED) is 0.800. The molecule has 6 nitrogen and oxygen atoms in total. The number of hydrogen-bond donors (Lipinski definition) is 2. The molecule has 0 aliphatic carbocycles. The van der Waals surface area contributed by atoms with Gasteiger partial charge in [0.05, 0.1) is 18.2 Å². The number of carbonyl (C=O) groups is 2. The van der Waals surface area contributed by atoms with E-state index in [0.717, 1.165) is 0 Å². The summed E-state index contributed by atoms with van der Waals surface area (Å²) >= 11 is 0. The lowest BCUT2D eigenvalue weighted by Gasteiger charge is -2.18. The first-order chi connectivity index (χ1) is 11.1. The lowest BCUT2D eigenvalue weighted by molar-refractivity contribution is 0.0565. The molecule has 2 aromatic carbocycles. The highest BCUT2D eigenvalue weighted by Crippen LogP contribution is 2.20. The molecule has 0 aromatic heterocycles. The van der Waals surface area contributed by atoms with Gasteiger partial charge < -0.3 is 19.9 Å². The highest BCUT2D eigenvalue weighted by atomic mass is 16.5. The number of hydrogen-bond acceptors (Lipinski definition) is 4. The largest absolute Gasteiger partial charge is 0.497 e. The van der Waals surface area contributed by atoms with Gasteiger partial charge in [0.15, 0.2) is 6.23 Å². The van der Waals surface area contributed by atoms with E-state index in [4.69, 9.17) is 14.6 Å². The van der Waals surface area contributed by atoms with Crippen LogP contribution in [0.4, 0.5) is 0 Å². The molecule has 6 heteroatoms. The minimum Gasteiger partial charge on any atom is -0.497 e. The van der Waals surface area contributed by atoms with Crippen LogP contribution in [0, 0.1) is 0 Å². The zero-order valence-electron chi connectivity index (χ0n) is 12.8. The first-order valence-corrected chi connectivity index (χ1v) is 6.86. The van der Waals surface area contributed by atoms with Crippen LogP contribution in [0.25, 0.3) is 0 Å². The molecule has 0 radical (unpaired) electrons. The van der Waals surface area contributed by atoms with E-state index in [1.54, 1.807) is 43.5 Å². The average Bonchev–Trinajstić information content (AvgIpc) is 2.59. The molecular weight excluding hydrogens is 298 g/mol. The lowest BCUT2D eigenvalue weighted by Crippen LogP contribution is -2.30. The summed E-state index contributed by atoms with van der Waals surface area (Å²) in [4.78, 5) is 23.6. The van der Waals surface area contributed by atoms with E-state index in [-0.39, 0.29) is 11.1 Å². The SMILES string of the molecule is COc1cccc(C(NC(=O)c2ccccc2C(=O)O)OC)c1. The number of benzene rings is 2. The first-order valence-electron chi connectivity index (χ1n) is 6.86. The van der Waals surface area contributed by atoms with Crippen molar-refractivity contribution in [2.24, 2.45) is 0 Å². The highest BCUT2D eigenvalue weighted by Gasteiger charge is 2.20. The molecule has 1 atom stereocenters. The minimum absolute atomic E-state index is 0.0644. The normalized spacial score (nSPS) is 11.6. The molecule has 0 spiro atoms. The van der Waals surface area contributed by atoms with Gasteiger partial charge in [-0.3, -0.25) is 4.79 Å². The monoisotopic (exact) mass is 315 g/mol. The maximum absolute atomic E-state index is 12.4. The van der Waals surface area contributed by atoms with Gasteiger partial charge in [0.25, 0.3) is 5.91 Å². The van der Waals surface area contributed by atoms with Crippen LogP contribution in [0.5, 0.6) is 5.75 Å². The van der Waals surface area contributed by atoms with Crippen molar-refractivity contribution in [1.29, 1.82) is 0 Å². The molecule has 1 amide bonds. The number of amides is 1. The summed E-state index contributed by atoms with van der Waals surface area (Å²) < 4.78 is 10.4. The van der Waals surface area contributed by atoms with Gasteiger partial charge in [0.2, 0.25) is 0 Å². The Morgan fingerprint density at radius 2 is 1.74 bits per heavy atom. The molecule has 0 aliphatic heterocycles. The molecule has 2 rings (SSSR count). The Kier molecular flexibility index (Phi) is 5.32. The van der Waals surface area contributed by atoms with Crippen LogP contribution in [-0.4, -0.2) is 31.2 Å². The summed E-state index contributed by atoms with van der Waals surface area (Å²) in [5, 5.41) is 11.8. The third kappa shape index (κ3) is 3.87. The number of aromatic carboxylic acids is 1. The van der Waals surface area contributed by atoms with Crippen molar-refractivity contribution in [3.8, 4) is 5.75 Å². The Morgan fingerprint density at radius 3 is 2.35 bits per heavy atom. The molecule has 0 heterocycles. The second-order valence-electron chi connectivity index (χ2n) is 4.72. The number of carboxylic acids is 1. The molecule has 0 bridgehead atoms. The molecule has 0 aliphatic rings. The van der Waals surface area contributed by atoms with Crippen molar-refractivity contribution in [3.05, 3.63) is 65.2 Å². The van der Waals surface area contributed by atoms with Crippen LogP contribution in [0.1, 0.15) is 32.5 Å². The topological polar surface area (TPSA) is 84.9 Å². The summed E-state index contributed by atoms with van der Waals surface area (Å²) in [5.41, 5.74) is 0.698. The fourth-order valence-electron chi connectivity index (χ4n) is 2.15. The Balaban J connectivity index is 2.25. The maximum Gasteiger partial charge on any atom is 0.336 e. The second-order valence-corrected chi connectivity index (χ2v) is 4.72. The molecule has 2 N–H and O–H groups in total. The van der Waals surface area contributed by atoms with E-state index in [0.29, 0.717) is 11.3 Å².